The predicted molar refractivity (Wildman–Crippen MR) is 82.1 cm³/mol. The molecule has 19 heavy (non-hydrogen) atoms. The van der Waals surface area contributed by atoms with E-state index in [-0.39, 0.29) is 0 Å². The zero-order valence-corrected chi connectivity index (χ0v) is 12.4. The lowest BCUT2D eigenvalue weighted by molar-refractivity contribution is 0.279. The molecular formula is C16H24N2O. The van der Waals surface area contributed by atoms with Crippen LogP contribution in [0.15, 0.2) is 36.2 Å². The number of rotatable bonds is 3. The van der Waals surface area contributed by atoms with Crippen LogP contribution < -0.4 is 5.32 Å². The number of allylic oxidation sites excluding steroid dienone is 4. The summed E-state index contributed by atoms with van der Waals surface area (Å²) in [6.07, 6.45) is 9.38. The number of ether oxygens (including phenoxy) is 1. The maximum Gasteiger partial charge on any atom is 0.126 e. The third-order valence-electron chi connectivity index (χ3n) is 2.70. The maximum absolute atomic E-state index is 5.42. The van der Waals surface area contributed by atoms with Gasteiger partial charge in [-0.3, -0.25) is 0 Å². The molecule has 0 saturated carbocycles. The van der Waals surface area contributed by atoms with Gasteiger partial charge in [0, 0.05) is 25.2 Å². The van der Waals surface area contributed by atoms with Crippen LogP contribution in [0.3, 0.4) is 0 Å². The predicted octanol–water partition coefficient (Wildman–Crippen LogP) is 4.25. The molecule has 0 radical (unpaired) electrons. The fourth-order valence-electron chi connectivity index (χ4n) is 1.85. The number of hydrogen-bond acceptors (Lipinski definition) is 3. The van der Waals surface area contributed by atoms with Gasteiger partial charge in [-0.2, -0.15) is 0 Å². The van der Waals surface area contributed by atoms with E-state index >= 15 is 0 Å². The monoisotopic (exact) mass is 260 g/mol. The summed E-state index contributed by atoms with van der Waals surface area (Å²) in [4.78, 5) is 4.20. The van der Waals surface area contributed by atoms with E-state index in [0.29, 0.717) is 0 Å². The molecule has 0 fully saturated rings. The summed E-state index contributed by atoms with van der Waals surface area (Å²) in [6, 6.07) is 4.04. The topological polar surface area (TPSA) is 34.1 Å². The summed E-state index contributed by atoms with van der Waals surface area (Å²) in [6.45, 7) is 4.25. The zero-order chi connectivity index (χ0) is 14.1. The van der Waals surface area contributed by atoms with Gasteiger partial charge in [-0.15, -0.1) is 0 Å². The minimum atomic E-state index is 0.874. The van der Waals surface area contributed by atoms with Gasteiger partial charge in [0.15, 0.2) is 0 Å². The van der Waals surface area contributed by atoms with Crippen molar-refractivity contribution in [3.8, 4) is 0 Å². The Morgan fingerprint density at radius 1 is 1.37 bits per heavy atom. The highest BCUT2D eigenvalue weighted by Crippen LogP contribution is 2.28. The summed E-state index contributed by atoms with van der Waals surface area (Å²) >= 11 is 0. The Morgan fingerprint density at radius 3 is 2.74 bits per heavy atom. The summed E-state index contributed by atoms with van der Waals surface area (Å²) in [5, 5.41) is 3.04. The van der Waals surface area contributed by atoms with Crippen molar-refractivity contribution in [2.75, 3.05) is 19.5 Å². The average molecular weight is 260 g/mol. The van der Waals surface area contributed by atoms with Gasteiger partial charge < -0.3 is 10.1 Å². The van der Waals surface area contributed by atoms with Gasteiger partial charge in [-0.25, -0.2) is 4.98 Å². The van der Waals surface area contributed by atoms with Gasteiger partial charge in [0.25, 0.3) is 0 Å². The number of anilines is 1. The van der Waals surface area contributed by atoms with Gasteiger partial charge in [-0.05, 0) is 24.1 Å². The third-order valence-corrected chi connectivity index (χ3v) is 2.70. The fraction of sp³-hybridized carbons (Fsp3) is 0.438. The molecule has 1 aliphatic rings. The molecule has 104 valence electrons. The van der Waals surface area contributed by atoms with E-state index in [9.17, 15) is 0 Å². The van der Waals surface area contributed by atoms with Crippen LogP contribution in [0.25, 0.3) is 5.57 Å². The van der Waals surface area contributed by atoms with Gasteiger partial charge >= 0.3 is 0 Å². The Balaban J connectivity index is 0.000000550. The molecule has 0 spiro atoms. The Bertz CT molecular complexity index is 450. The molecule has 0 atom stereocenters. The largest absolute Gasteiger partial charge is 0.500 e. The molecule has 0 aliphatic heterocycles. The lowest BCUT2D eigenvalue weighted by Gasteiger charge is -2.15. The lowest BCUT2D eigenvalue weighted by Crippen LogP contribution is -1.99. The molecule has 1 aliphatic carbocycles. The highest BCUT2D eigenvalue weighted by atomic mass is 16.5. The van der Waals surface area contributed by atoms with Crippen molar-refractivity contribution in [1.82, 2.24) is 4.98 Å². The summed E-state index contributed by atoms with van der Waals surface area (Å²) in [5.41, 5.74) is 2.31. The van der Waals surface area contributed by atoms with Crippen molar-refractivity contribution in [2.45, 2.75) is 33.1 Å². The normalized spacial score (nSPS) is 13.7. The molecule has 0 bridgehead atoms. The van der Waals surface area contributed by atoms with Gasteiger partial charge in [0.05, 0.1) is 7.11 Å². The van der Waals surface area contributed by atoms with Crippen LogP contribution in [0, 0.1) is 0 Å². The maximum atomic E-state index is 5.42. The van der Waals surface area contributed by atoms with Crippen molar-refractivity contribution in [3.05, 3.63) is 41.8 Å². The quantitative estimate of drug-likeness (QED) is 0.882. The van der Waals surface area contributed by atoms with E-state index in [1.54, 1.807) is 7.11 Å². The lowest BCUT2D eigenvalue weighted by atomic mass is 9.98. The first-order valence-corrected chi connectivity index (χ1v) is 6.84. The second-order valence-corrected chi connectivity index (χ2v) is 4.37. The van der Waals surface area contributed by atoms with E-state index < -0.39 is 0 Å². The zero-order valence-electron chi connectivity index (χ0n) is 12.4. The Kier molecular flexibility index (Phi) is 6.72. The van der Waals surface area contributed by atoms with Crippen LogP contribution in [0.4, 0.5) is 5.82 Å². The van der Waals surface area contributed by atoms with Crippen molar-refractivity contribution >= 4 is 11.4 Å². The molecule has 2 rings (SSSR count). The molecule has 0 amide bonds. The molecular weight excluding hydrogens is 236 g/mol. The molecule has 1 aromatic rings. The SMILES string of the molecule is CCC.CNc1cc(C2=C(OC)CCC=C2)ccn1. The Hall–Kier alpha value is -1.77. The van der Waals surface area contributed by atoms with Gasteiger partial charge in [0.1, 0.15) is 11.6 Å². The van der Waals surface area contributed by atoms with Crippen LogP contribution in [0.1, 0.15) is 38.7 Å². The van der Waals surface area contributed by atoms with E-state index in [4.69, 9.17) is 4.74 Å². The number of methoxy groups -OCH3 is 1. The highest BCUT2D eigenvalue weighted by molar-refractivity contribution is 5.77. The number of nitrogens with zero attached hydrogens (tertiary/aromatic N) is 1. The molecule has 0 unspecified atom stereocenters. The van der Waals surface area contributed by atoms with E-state index in [1.165, 1.54) is 6.42 Å². The number of aromatic nitrogens is 1. The molecule has 1 aromatic heterocycles. The minimum Gasteiger partial charge on any atom is -0.500 e. The minimum absolute atomic E-state index is 0.874. The average Bonchev–Trinajstić information content (AvgIpc) is 2.48. The molecule has 1 heterocycles. The smallest absolute Gasteiger partial charge is 0.126 e. The Labute approximate surface area is 116 Å². The van der Waals surface area contributed by atoms with Crippen LogP contribution in [-0.2, 0) is 4.74 Å². The first-order valence-electron chi connectivity index (χ1n) is 6.84. The highest BCUT2D eigenvalue weighted by Gasteiger charge is 2.11. The summed E-state index contributed by atoms with van der Waals surface area (Å²) in [5.74, 6) is 1.93. The molecule has 1 N–H and O–H groups in total. The van der Waals surface area contributed by atoms with Crippen molar-refractivity contribution < 1.29 is 4.74 Å². The van der Waals surface area contributed by atoms with Crippen molar-refractivity contribution in [2.24, 2.45) is 0 Å². The van der Waals surface area contributed by atoms with Crippen LogP contribution in [0.2, 0.25) is 0 Å². The standard InChI is InChI=1S/C13H16N2O.C3H8/c1-14-13-9-10(7-8-15-13)11-5-3-4-6-12(11)16-2;1-3-2/h3,5,7-9H,4,6H2,1-2H3,(H,14,15);3H2,1-2H3. The van der Waals surface area contributed by atoms with E-state index in [2.05, 4.69) is 36.3 Å². The van der Waals surface area contributed by atoms with Gasteiger partial charge in [-0.1, -0.05) is 32.4 Å². The van der Waals surface area contributed by atoms with Crippen LogP contribution in [-0.4, -0.2) is 19.1 Å². The van der Waals surface area contributed by atoms with E-state index in [0.717, 1.165) is 35.6 Å². The van der Waals surface area contributed by atoms with Crippen LogP contribution in [0.5, 0.6) is 0 Å². The molecule has 0 saturated heterocycles. The second-order valence-electron chi connectivity index (χ2n) is 4.37. The summed E-state index contributed by atoms with van der Waals surface area (Å²) < 4.78 is 5.42. The number of hydrogen-bond donors (Lipinski definition) is 1. The van der Waals surface area contributed by atoms with Crippen molar-refractivity contribution in [3.63, 3.8) is 0 Å². The second kappa shape index (κ2) is 8.35. The molecule has 3 nitrogen and oxygen atoms in total. The fourth-order valence-corrected chi connectivity index (χ4v) is 1.85. The number of pyridine rings is 1. The third kappa shape index (κ3) is 4.43. The number of nitrogens with one attached hydrogen (secondary N) is 1. The first kappa shape index (κ1) is 15.3. The molecule has 0 aromatic carbocycles. The first-order chi connectivity index (χ1) is 9.26. The van der Waals surface area contributed by atoms with Crippen molar-refractivity contribution in [1.29, 1.82) is 0 Å². The molecule has 3 heteroatoms. The van der Waals surface area contributed by atoms with Crippen LogP contribution >= 0.6 is 0 Å². The summed E-state index contributed by atoms with van der Waals surface area (Å²) in [7, 11) is 3.60. The Morgan fingerprint density at radius 2 is 2.11 bits per heavy atom. The van der Waals surface area contributed by atoms with Gasteiger partial charge in [0.2, 0.25) is 0 Å². The van der Waals surface area contributed by atoms with E-state index in [1.807, 2.05) is 25.4 Å².